The Hall–Kier alpha value is -0.780. The van der Waals surface area contributed by atoms with E-state index in [4.69, 9.17) is 0 Å². The molecule has 0 aromatic heterocycles. The summed E-state index contributed by atoms with van der Waals surface area (Å²) in [6.07, 6.45) is 43.0. The minimum atomic E-state index is 0.940. The normalized spacial score (nSPS) is 12.4. The lowest BCUT2D eigenvalue weighted by Crippen LogP contribution is -2.01. The highest BCUT2D eigenvalue weighted by atomic mass is 14.1. The molecular weight excluding hydrogens is 372 g/mol. The molecule has 0 nitrogen and oxygen atoms in total. The van der Waals surface area contributed by atoms with Gasteiger partial charge in [0.25, 0.3) is 0 Å². The standard InChI is InChI=1S/C31H58/c1-4-7-10-13-16-19-22-25-28-31(29-26-23-20-17-14-11-8-5-2)30-27-24-21-18-15-12-9-6-3/h16-21,31H,4-15,22-30H2,1-3H3/b19-16-,20-17-,21-18?. The minimum absolute atomic E-state index is 0.940. The summed E-state index contributed by atoms with van der Waals surface area (Å²) in [5.41, 5.74) is 0. The van der Waals surface area contributed by atoms with Gasteiger partial charge in [-0.2, -0.15) is 0 Å². The third-order valence-electron chi connectivity index (χ3n) is 6.37. The number of allylic oxidation sites excluding steroid dienone is 6. The van der Waals surface area contributed by atoms with Crippen LogP contribution in [0.4, 0.5) is 0 Å². The van der Waals surface area contributed by atoms with Gasteiger partial charge in [0.15, 0.2) is 0 Å². The second-order valence-corrected chi connectivity index (χ2v) is 9.56. The van der Waals surface area contributed by atoms with Crippen LogP contribution in [0.15, 0.2) is 36.5 Å². The van der Waals surface area contributed by atoms with Gasteiger partial charge in [0, 0.05) is 0 Å². The highest BCUT2D eigenvalue weighted by Gasteiger charge is 2.07. The molecule has 0 heterocycles. The lowest BCUT2D eigenvalue weighted by molar-refractivity contribution is 0.391. The first-order valence-electron chi connectivity index (χ1n) is 14.3. The first-order chi connectivity index (χ1) is 15.3. The van der Waals surface area contributed by atoms with Gasteiger partial charge in [0.2, 0.25) is 0 Å². The molecule has 0 unspecified atom stereocenters. The second kappa shape index (κ2) is 27.3. The van der Waals surface area contributed by atoms with Crippen LogP contribution in [0.25, 0.3) is 0 Å². The predicted molar refractivity (Wildman–Crippen MR) is 145 cm³/mol. The highest BCUT2D eigenvalue weighted by Crippen LogP contribution is 2.23. The molecular formula is C31H58. The molecule has 0 aromatic rings. The molecule has 0 fully saturated rings. The Kier molecular flexibility index (Phi) is 26.6. The molecule has 0 saturated heterocycles. The lowest BCUT2D eigenvalue weighted by atomic mass is 9.90. The quantitative estimate of drug-likeness (QED) is 0.105. The van der Waals surface area contributed by atoms with Gasteiger partial charge >= 0.3 is 0 Å². The number of unbranched alkanes of at least 4 members (excludes halogenated alkanes) is 12. The third-order valence-corrected chi connectivity index (χ3v) is 6.37. The van der Waals surface area contributed by atoms with Gasteiger partial charge in [-0.3, -0.25) is 0 Å². The molecule has 0 rings (SSSR count). The van der Waals surface area contributed by atoms with Crippen LogP contribution >= 0.6 is 0 Å². The Bertz CT molecular complexity index is 338. The van der Waals surface area contributed by atoms with Crippen molar-refractivity contribution < 1.29 is 0 Å². The molecule has 0 aliphatic carbocycles. The van der Waals surface area contributed by atoms with Gasteiger partial charge in [-0.05, 0) is 83.0 Å². The van der Waals surface area contributed by atoms with Crippen molar-refractivity contribution in [1.29, 1.82) is 0 Å². The van der Waals surface area contributed by atoms with Crippen molar-refractivity contribution in [2.75, 3.05) is 0 Å². The number of rotatable bonds is 24. The lowest BCUT2D eigenvalue weighted by Gasteiger charge is -2.16. The van der Waals surface area contributed by atoms with Crippen molar-refractivity contribution in [3.63, 3.8) is 0 Å². The average Bonchev–Trinajstić information content (AvgIpc) is 2.78. The summed E-state index contributed by atoms with van der Waals surface area (Å²) in [5.74, 6) is 0.940. The van der Waals surface area contributed by atoms with E-state index in [2.05, 4.69) is 57.2 Å². The molecule has 0 aromatic carbocycles. The monoisotopic (exact) mass is 430 g/mol. The Morgan fingerprint density at radius 2 is 0.613 bits per heavy atom. The van der Waals surface area contributed by atoms with E-state index in [1.165, 1.54) is 135 Å². The van der Waals surface area contributed by atoms with Crippen LogP contribution in [0.2, 0.25) is 0 Å². The molecule has 0 aliphatic heterocycles. The molecule has 0 bridgehead atoms. The van der Waals surface area contributed by atoms with E-state index in [1.54, 1.807) is 0 Å². The maximum Gasteiger partial charge on any atom is -0.0351 e. The van der Waals surface area contributed by atoms with Crippen molar-refractivity contribution >= 4 is 0 Å². The van der Waals surface area contributed by atoms with Crippen molar-refractivity contribution in [2.24, 2.45) is 5.92 Å². The van der Waals surface area contributed by atoms with Gasteiger partial charge in [-0.1, -0.05) is 115 Å². The number of hydrogen-bond donors (Lipinski definition) is 0. The third kappa shape index (κ3) is 25.4. The Morgan fingerprint density at radius 3 is 0.871 bits per heavy atom. The summed E-state index contributed by atoms with van der Waals surface area (Å²) in [5, 5.41) is 0. The Morgan fingerprint density at radius 1 is 0.355 bits per heavy atom. The Balaban J connectivity index is 4.05. The molecule has 0 N–H and O–H groups in total. The van der Waals surface area contributed by atoms with Gasteiger partial charge < -0.3 is 0 Å². The van der Waals surface area contributed by atoms with E-state index in [1.807, 2.05) is 0 Å². The predicted octanol–water partition coefficient (Wildman–Crippen LogP) is 11.5. The van der Waals surface area contributed by atoms with E-state index in [-0.39, 0.29) is 0 Å². The van der Waals surface area contributed by atoms with Gasteiger partial charge in [0.05, 0.1) is 0 Å². The fourth-order valence-corrected chi connectivity index (χ4v) is 4.25. The van der Waals surface area contributed by atoms with Gasteiger partial charge in [-0.15, -0.1) is 0 Å². The molecule has 0 heteroatoms. The topological polar surface area (TPSA) is 0 Å². The van der Waals surface area contributed by atoms with Crippen molar-refractivity contribution in [3.05, 3.63) is 36.5 Å². The molecule has 31 heavy (non-hydrogen) atoms. The van der Waals surface area contributed by atoms with E-state index in [9.17, 15) is 0 Å². The smallest absolute Gasteiger partial charge is 0.0351 e. The fourth-order valence-electron chi connectivity index (χ4n) is 4.25. The zero-order valence-electron chi connectivity index (χ0n) is 21.9. The van der Waals surface area contributed by atoms with E-state index in [0.29, 0.717) is 0 Å². The fraction of sp³-hybridized carbons (Fsp3) is 0.806. The average molecular weight is 431 g/mol. The van der Waals surface area contributed by atoms with Crippen LogP contribution in [0.3, 0.4) is 0 Å². The van der Waals surface area contributed by atoms with Crippen LogP contribution < -0.4 is 0 Å². The van der Waals surface area contributed by atoms with E-state index in [0.717, 1.165) is 5.92 Å². The van der Waals surface area contributed by atoms with Crippen LogP contribution in [0.5, 0.6) is 0 Å². The largest absolute Gasteiger partial charge is 0.0885 e. The molecule has 182 valence electrons. The molecule has 0 atom stereocenters. The molecule has 0 spiro atoms. The summed E-state index contributed by atoms with van der Waals surface area (Å²) in [6.45, 7) is 6.86. The van der Waals surface area contributed by atoms with Crippen molar-refractivity contribution in [2.45, 2.75) is 156 Å². The maximum absolute atomic E-state index is 2.45. The summed E-state index contributed by atoms with van der Waals surface area (Å²) in [7, 11) is 0. The van der Waals surface area contributed by atoms with Gasteiger partial charge in [-0.25, -0.2) is 0 Å². The highest BCUT2D eigenvalue weighted by molar-refractivity contribution is 4.84. The first kappa shape index (κ1) is 30.2. The SMILES string of the molecule is CCCCCC=CCCCC(CCC/C=C\CCCCC)CCC/C=C\CCCCC. The van der Waals surface area contributed by atoms with Gasteiger partial charge in [0.1, 0.15) is 0 Å². The van der Waals surface area contributed by atoms with Crippen molar-refractivity contribution in [1.82, 2.24) is 0 Å². The zero-order valence-corrected chi connectivity index (χ0v) is 21.9. The Labute approximate surface area is 198 Å². The maximum atomic E-state index is 2.45. The summed E-state index contributed by atoms with van der Waals surface area (Å²) in [4.78, 5) is 0. The van der Waals surface area contributed by atoms with Crippen molar-refractivity contribution in [3.8, 4) is 0 Å². The van der Waals surface area contributed by atoms with Crippen LogP contribution in [0.1, 0.15) is 156 Å². The summed E-state index contributed by atoms with van der Waals surface area (Å²) >= 11 is 0. The number of hydrogen-bond acceptors (Lipinski definition) is 0. The molecule has 0 aliphatic rings. The zero-order chi connectivity index (χ0) is 22.7. The summed E-state index contributed by atoms with van der Waals surface area (Å²) in [6, 6.07) is 0. The van der Waals surface area contributed by atoms with E-state index < -0.39 is 0 Å². The second-order valence-electron chi connectivity index (χ2n) is 9.56. The minimum Gasteiger partial charge on any atom is -0.0885 e. The van der Waals surface area contributed by atoms with Crippen LogP contribution in [-0.2, 0) is 0 Å². The molecule has 0 saturated carbocycles. The van der Waals surface area contributed by atoms with Crippen LogP contribution in [0, 0.1) is 5.92 Å². The van der Waals surface area contributed by atoms with E-state index >= 15 is 0 Å². The molecule has 0 amide bonds. The van der Waals surface area contributed by atoms with Crippen LogP contribution in [-0.4, -0.2) is 0 Å². The summed E-state index contributed by atoms with van der Waals surface area (Å²) < 4.78 is 0. The molecule has 0 radical (unpaired) electrons. The first-order valence-corrected chi connectivity index (χ1v) is 14.3.